The van der Waals surface area contributed by atoms with E-state index in [1.807, 2.05) is 23.1 Å². The summed E-state index contributed by atoms with van der Waals surface area (Å²) < 4.78 is 0. The molecule has 0 radical (unpaired) electrons. The molecule has 1 amide bonds. The van der Waals surface area contributed by atoms with Crippen LogP contribution < -0.4 is 10.2 Å². The zero-order valence-corrected chi connectivity index (χ0v) is 10.2. The van der Waals surface area contributed by atoms with E-state index in [0.717, 1.165) is 26.2 Å². The molecule has 2 rings (SSSR count). The number of rotatable bonds is 3. The van der Waals surface area contributed by atoms with E-state index in [4.69, 9.17) is 0 Å². The second-order valence-electron chi connectivity index (χ2n) is 4.23. The molecule has 0 aliphatic carbocycles. The van der Waals surface area contributed by atoms with Crippen molar-refractivity contribution in [2.75, 3.05) is 44.7 Å². The molecular formula is C13H19N3O. The molecule has 0 bridgehead atoms. The topological polar surface area (TPSA) is 35.6 Å². The average molecular weight is 233 g/mol. The molecule has 4 heteroatoms. The SMILES string of the molecule is CNCC(=O)N1CCN(c2ccccc2)CC1. The molecule has 1 N–H and O–H groups in total. The number of carbonyl (C=O) groups is 1. The molecule has 0 spiro atoms. The van der Waals surface area contributed by atoms with Crippen molar-refractivity contribution in [1.82, 2.24) is 10.2 Å². The van der Waals surface area contributed by atoms with E-state index in [9.17, 15) is 4.79 Å². The summed E-state index contributed by atoms with van der Waals surface area (Å²) in [6.07, 6.45) is 0. The number of nitrogens with one attached hydrogen (secondary N) is 1. The molecule has 1 aromatic carbocycles. The zero-order valence-electron chi connectivity index (χ0n) is 10.2. The Labute approximate surface area is 102 Å². The summed E-state index contributed by atoms with van der Waals surface area (Å²) in [5, 5.41) is 2.90. The molecule has 92 valence electrons. The molecule has 0 aromatic heterocycles. The number of nitrogens with zero attached hydrogens (tertiary/aromatic N) is 2. The van der Waals surface area contributed by atoms with Crippen molar-refractivity contribution in [3.05, 3.63) is 30.3 Å². The van der Waals surface area contributed by atoms with Crippen LogP contribution in [0.3, 0.4) is 0 Å². The third-order valence-electron chi connectivity index (χ3n) is 3.08. The zero-order chi connectivity index (χ0) is 12.1. The average Bonchev–Trinajstić information content (AvgIpc) is 2.40. The number of amides is 1. The highest BCUT2D eigenvalue weighted by molar-refractivity contribution is 5.78. The minimum atomic E-state index is 0.195. The van der Waals surface area contributed by atoms with Crippen LogP contribution in [0.2, 0.25) is 0 Å². The van der Waals surface area contributed by atoms with Crippen LogP contribution in [0.15, 0.2) is 30.3 Å². The Bertz CT molecular complexity index is 358. The van der Waals surface area contributed by atoms with Crippen LogP contribution in [0, 0.1) is 0 Å². The number of hydrogen-bond acceptors (Lipinski definition) is 3. The summed E-state index contributed by atoms with van der Waals surface area (Å²) in [5.41, 5.74) is 1.24. The fraction of sp³-hybridized carbons (Fsp3) is 0.462. The molecule has 0 unspecified atom stereocenters. The summed E-state index contributed by atoms with van der Waals surface area (Å²) in [6.45, 7) is 3.90. The summed E-state index contributed by atoms with van der Waals surface area (Å²) in [5.74, 6) is 0.195. The number of hydrogen-bond donors (Lipinski definition) is 1. The first-order valence-electron chi connectivity index (χ1n) is 6.03. The van der Waals surface area contributed by atoms with Crippen LogP contribution in [0.5, 0.6) is 0 Å². The van der Waals surface area contributed by atoms with E-state index in [1.165, 1.54) is 5.69 Å². The molecule has 0 saturated carbocycles. The largest absolute Gasteiger partial charge is 0.368 e. The van der Waals surface area contributed by atoms with Crippen LogP contribution in [0.25, 0.3) is 0 Å². The van der Waals surface area contributed by atoms with E-state index in [-0.39, 0.29) is 5.91 Å². The van der Waals surface area contributed by atoms with Gasteiger partial charge in [0.05, 0.1) is 6.54 Å². The minimum absolute atomic E-state index is 0.195. The van der Waals surface area contributed by atoms with E-state index >= 15 is 0 Å². The smallest absolute Gasteiger partial charge is 0.236 e. The molecule has 0 atom stereocenters. The Morgan fingerprint density at radius 3 is 2.41 bits per heavy atom. The lowest BCUT2D eigenvalue weighted by atomic mass is 10.2. The minimum Gasteiger partial charge on any atom is -0.368 e. The number of likely N-dealkylation sites (N-methyl/N-ethyl adjacent to an activating group) is 1. The Hall–Kier alpha value is -1.55. The van der Waals surface area contributed by atoms with E-state index in [2.05, 4.69) is 22.3 Å². The van der Waals surface area contributed by atoms with Crippen LogP contribution in [-0.4, -0.2) is 50.6 Å². The molecule has 1 fully saturated rings. The summed E-state index contributed by atoms with van der Waals surface area (Å²) in [6, 6.07) is 10.4. The van der Waals surface area contributed by atoms with Crippen molar-refractivity contribution in [1.29, 1.82) is 0 Å². The maximum Gasteiger partial charge on any atom is 0.236 e. The van der Waals surface area contributed by atoms with Crippen LogP contribution >= 0.6 is 0 Å². The number of para-hydroxylation sites is 1. The highest BCUT2D eigenvalue weighted by Gasteiger charge is 2.20. The number of carbonyl (C=O) groups excluding carboxylic acids is 1. The quantitative estimate of drug-likeness (QED) is 0.828. The van der Waals surface area contributed by atoms with Crippen molar-refractivity contribution in [3.8, 4) is 0 Å². The monoisotopic (exact) mass is 233 g/mol. The van der Waals surface area contributed by atoms with Gasteiger partial charge in [-0.3, -0.25) is 4.79 Å². The lowest BCUT2D eigenvalue weighted by Crippen LogP contribution is -2.50. The van der Waals surface area contributed by atoms with Crippen LogP contribution in [0.1, 0.15) is 0 Å². The van der Waals surface area contributed by atoms with Gasteiger partial charge in [-0.25, -0.2) is 0 Å². The molecular weight excluding hydrogens is 214 g/mol. The Morgan fingerprint density at radius 2 is 1.82 bits per heavy atom. The molecule has 1 heterocycles. The van der Waals surface area contributed by atoms with Crippen molar-refractivity contribution in [2.24, 2.45) is 0 Å². The van der Waals surface area contributed by atoms with Gasteiger partial charge >= 0.3 is 0 Å². The van der Waals surface area contributed by atoms with Gasteiger partial charge in [0.25, 0.3) is 0 Å². The van der Waals surface area contributed by atoms with Crippen molar-refractivity contribution < 1.29 is 4.79 Å². The molecule has 1 aromatic rings. The highest BCUT2D eigenvalue weighted by Crippen LogP contribution is 2.15. The highest BCUT2D eigenvalue weighted by atomic mass is 16.2. The van der Waals surface area contributed by atoms with E-state index < -0.39 is 0 Å². The molecule has 1 saturated heterocycles. The first-order valence-corrected chi connectivity index (χ1v) is 6.03. The Morgan fingerprint density at radius 1 is 1.18 bits per heavy atom. The Balaban J connectivity index is 1.88. The first-order chi connectivity index (χ1) is 8.31. The molecule has 1 aliphatic heterocycles. The standard InChI is InChI=1S/C13H19N3O/c1-14-11-13(17)16-9-7-15(8-10-16)12-5-3-2-4-6-12/h2-6,14H,7-11H2,1H3. The van der Waals surface area contributed by atoms with Gasteiger partial charge in [-0.15, -0.1) is 0 Å². The van der Waals surface area contributed by atoms with Crippen molar-refractivity contribution >= 4 is 11.6 Å². The van der Waals surface area contributed by atoms with E-state index in [0.29, 0.717) is 6.54 Å². The first kappa shape index (κ1) is 11.9. The van der Waals surface area contributed by atoms with Gasteiger partial charge in [0, 0.05) is 31.9 Å². The summed E-state index contributed by atoms with van der Waals surface area (Å²) in [4.78, 5) is 15.9. The predicted octanol–water partition coefficient (Wildman–Crippen LogP) is 0.555. The second kappa shape index (κ2) is 5.68. The normalized spacial score (nSPS) is 16.1. The summed E-state index contributed by atoms with van der Waals surface area (Å²) >= 11 is 0. The van der Waals surface area contributed by atoms with Crippen molar-refractivity contribution in [2.45, 2.75) is 0 Å². The molecule has 4 nitrogen and oxygen atoms in total. The molecule has 17 heavy (non-hydrogen) atoms. The van der Waals surface area contributed by atoms with Crippen LogP contribution in [0.4, 0.5) is 5.69 Å². The number of anilines is 1. The van der Waals surface area contributed by atoms with Gasteiger partial charge < -0.3 is 15.1 Å². The number of benzene rings is 1. The van der Waals surface area contributed by atoms with Gasteiger partial charge in [0.2, 0.25) is 5.91 Å². The maximum atomic E-state index is 11.7. The van der Waals surface area contributed by atoms with E-state index in [1.54, 1.807) is 7.05 Å². The van der Waals surface area contributed by atoms with Gasteiger partial charge in [-0.05, 0) is 19.2 Å². The Kier molecular flexibility index (Phi) is 3.98. The fourth-order valence-electron chi connectivity index (χ4n) is 2.12. The van der Waals surface area contributed by atoms with Crippen LogP contribution in [-0.2, 0) is 4.79 Å². The van der Waals surface area contributed by atoms with Gasteiger partial charge in [0.1, 0.15) is 0 Å². The second-order valence-corrected chi connectivity index (χ2v) is 4.23. The lowest BCUT2D eigenvalue weighted by molar-refractivity contribution is -0.130. The van der Waals surface area contributed by atoms with Gasteiger partial charge in [-0.2, -0.15) is 0 Å². The van der Waals surface area contributed by atoms with Gasteiger partial charge in [0.15, 0.2) is 0 Å². The van der Waals surface area contributed by atoms with Gasteiger partial charge in [-0.1, -0.05) is 18.2 Å². The summed E-state index contributed by atoms with van der Waals surface area (Å²) in [7, 11) is 1.80. The number of piperazine rings is 1. The van der Waals surface area contributed by atoms with Crippen molar-refractivity contribution in [3.63, 3.8) is 0 Å². The maximum absolute atomic E-state index is 11.7. The molecule has 1 aliphatic rings. The third-order valence-corrected chi connectivity index (χ3v) is 3.08. The lowest BCUT2D eigenvalue weighted by Gasteiger charge is -2.36. The fourth-order valence-corrected chi connectivity index (χ4v) is 2.12. The predicted molar refractivity (Wildman–Crippen MR) is 69.2 cm³/mol. The third kappa shape index (κ3) is 2.97.